The predicted octanol–water partition coefficient (Wildman–Crippen LogP) is 4.77. The van der Waals surface area contributed by atoms with Crippen molar-refractivity contribution in [2.45, 2.75) is 47.1 Å². The lowest BCUT2D eigenvalue weighted by Gasteiger charge is -2.27. The highest BCUT2D eigenvalue weighted by atomic mass is 16.3. The van der Waals surface area contributed by atoms with Gasteiger partial charge in [-0.25, -0.2) is 0 Å². The second kappa shape index (κ2) is 10.1. The summed E-state index contributed by atoms with van der Waals surface area (Å²) in [6.45, 7) is 13.3. The second-order valence-corrected chi connectivity index (χ2v) is 8.60. The van der Waals surface area contributed by atoms with Crippen molar-refractivity contribution in [3.63, 3.8) is 0 Å². The van der Waals surface area contributed by atoms with Gasteiger partial charge in [0.1, 0.15) is 5.76 Å². The quantitative estimate of drug-likeness (QED) is 0.369. The van der Waals surface area contributed by atoms with Crippen LogP contribution in [0.5, 0.6) is 0 Å². The van der Waals surface area contributed by atoms with Crippen LogP contribution >= 0.6 is 0 Å². The minimum atomic E-state index is -0.614. The van der Waals surface area contributed by atoms with Gasteiger partial charge in [-0.3, -0.25) is 9.59 Å². The van der Waals surface area contributed by atoms with Gasteiger partial charge in [0.15, 0.2) is 0 Å². The van der Waals surface area contributed by atoms with E-state index >= 15 is 0 Å². The summed E-state index contributed by atoms with van der Waals surface area (Å²) in [5.74, 6) is -1.25. The molecule has 32 heavy (non-hydrogen) atoms. The van der Waals surface area contributed by atoms with Gasteiger partial charge >= 0.3 is 0 Å². The molecule has 1 atom stereocenters. The van der Waals surface area contributed by atoms with E-state index in [1.807, 2.05) is 63.2 Å². The number of aryl methyl sites for hydroxylation is 3. The van der Waals surface area contributed by atoms with E-state index < -0.39 is 17.7 Å². The van der Waals surface area contributed by atoms with E-state index in [0.29, 0.717) is 12.1 Å². The lowest BCUT2D eigenvalue weighted by molar-refractivity contribution is -0.140. The SMILES string of the molecule is CCN(CC)CCCN1C(=O)C(=O)C(=C(O)c2cc(C)ccc2C)C1c1ccc(C)cc1. The summed E-state index contributed by atoms with van der Waals surface area (Å²) in [5, 5.41) is 11.3. The van der Waals surface area contributed by atoms with E-state index in [0.717, 1.165) is 48.3 Å². The first kappa shape index (κ1) is 23.7. The third kappa shape index (κ3) is 4.78. The number of likely N-dealkylation sites (tertiary alicyclic amines) is 1. The van der Waals surface area contributed by atoms with Crippen LogP contribution in [0.2, 0.25) is 0 Å². The monoisotopic (exact) mass is 434 g/mol. The lowest BCUT2D eigenvalue weighted by atomic mass is 9.93. The topological polar surface area (TPSA) is 60.9 Å². The standard InChI is InChI=1S/C27H34N2O3/c1-6-28(7-2)15-8-16-29-24(21-13-10-18(3)11-14-21)23(26(31)27(29)32)25(30)22-17-19(4)9-12-20(22)5/h9-14,17,24,30H,6-8,15-16H2,1-5H3. The Balaban J connectivity index is 2.06. The minimum Gasteiger partial charge on any atom is -0.507 e. The maximum absolute atomic E-state index is 13.2. The molecule has 0 saturated carbocycles. The zero-order valence-electron chi connectivity index (χ0n) is 19.8. The number of hydrogen-bond acceptors (Lipinski definition) is 4. The lowest BCUT2D eigenvalue weighted by Crippen LogP contribution is -2.33. The van der Waals surface area contributed by atoms with Gasteiger partial charge in [0, 0.05) is 12.1 Å². The Morgan fingerprint density at radius 2 is 1.59 bits per heavy atom. The molecule has 1 N–H and O–H groups in total. The van der Waals surface area contributed by atoms with Crippen molar-refractivity contribution in [3.8, 4) is 0 Å². The summed E-state index contributed by atoms with van der Waals surface area (Å²) in [7, 11) is 0. The van der Waals surface area contributed by atoms with Crippen LogP contribution in [-0.2, 0) is 9.59 Å². The number of aliphatic hydroxyl groups excluding tert-OH is 1. The zero-order valence-corrected chi connectivity index (χ0v) is 19.8. The molecular formula is C27H34N2O3. The first-order chi connectivity index (χ1) is 15.3. The Morgan fingerprint density at radius 3 is 2.22 bits per heavy atom. The molecule has 5 heteroatoms. The number of nitrogens with zero attached hydrogens (tertiary/aromatic N) is 2. The van der Waals surface area contributed by atoms with Crippen LogP contribution in [-0.4, -0.2) is 52.8 Å². The molecule has 1 aliphatic heterocycles. The van der Waals surface area contributed by atoms with Crippen molar-refractivity contribution in [2.24, 2.45) is 0 Å². The fraction of sp³-hybridized carbons (Fsp3) is 0.407. The number of carbonyl (C=O) groups excluding carboxylic acids is 2. The number of amides is 1. The highest BCUT2D eigenvalue weighted by Crippen LogP contribution is 2.40. The van der Waals surface area contributed by atoms with Gasteiger partial charge in [-0.2, -0.15) is 0 Å². The van der Waals surface area contributed by atoms with Crippen LogP contribution in [0.15, 0.2) is 48.0 Å². The summed E-state index contributed by atoms with van der Waals surface area (Å²) < 4.78 is 0. The fourth-order valence-electron chi connectivity index (χ4n) is 4.35. The normalized spacial score (nSPS) is 18.1. The van der Waals surface area contributed by atoms with E-state index in [1.54, 1.807) is 4.90 Å². The molecule has 1 amide bonds. The molecule has 1 heterocycles. The van der Waals surface area contributed by atoms with Crippen molar-refractivity contribution in [3.05, 3.63) is 75.9 Å². The Kier molecular flexibility index (Phi) is 7.52. The van der Waals surface area contributed by atoms with Crippen molar-refractivity contribution in [1.29, 1.82) is 0 Å². The molecule has 2 aromatic carbocycles. The molecule has 0 spiro atoms. The van der Waals surface area contributed by atoms with E-state index in [4.69, 9.17) is 0 Å². The average molecular weight is 435 g/mol. The molecular weight excluding hydrogens is 400 g/mol. The molecule has 1 saturated heterocycles. The number of hydrogen-bond donors (Lipinski definition) is 1. The van der Waals surface area contributed by atoms with Crippen molar-refractivity contribution >= 4 is 17.4 Å². The van der Waals surface area contributed by atoms with Crippen molar-refractivity contribution in [2.75, 3.05) is 26.2 Å². The summed E-state index contributed by atoms with van der Waals surface area (Å²) in [6, 6.07) is 13.0. The van der Waals surface area contributed by atoms with Crippen LogP contribution in [0, 0.1) is 20.8 Å². The van der Waals surface area contributed by atoms with Gasteiger partial charge in [-0.15, -0.1) is 0 Å². The van der Waals surface area contributed by atoms with Crippen LogP contribution in [0.4, 0.5) is 0 Å². The first-order valence-corrected chi connectivity index (χ1v) is 11.4. The predicted molar refractivity (Wildman–Crippen MR) is 129 cm³/mol. The maximum Gasteiger partial charge on any atom is 0.295 e. The Hall–Kier alpha value is -2.92. The zero-order chi connectivity index (χ0) is 23.4. The van der Waals surface area contributed by atoms with E-state index in [2.05, 4.69) is 18.7 Å². The highest BCUT2D eigenvalue weighted by Gasteiger charge is 2.45. The molecule has 5 nitrogen and oxygen atoms in total. The highest BCUT2D eigenvalue weighted by molar-refractivity contribution is 6.46. The minimum absolute atomic E-state index is 0.0960. The van der Waals surface area contributed by atoms with E-state index in [1.165, 1.54) is 0 Å². The summed E-state index contributed by atoms with van der Waals surface area (Å²) >= 11 is 0. The number of Topliss-reactive ketones (excluding diaryl/α,β-unsaturated/α-hetero) is 1. The molecule has 170 valence electrons. The third-order valence-corrected chi connectivity index (χ3v) is 6.35. The molecule has 0 aromatic heterocycles. The van der Waals surface area contributed by atoms with E-state index in [9.17, 15) is 14.7 Å². The van der Waals surface area contributed by atoms with Gasteiger partial charge in [0.25, 0.3) is 11.7 Å². The number of rotatable bonds is 8. The number of ketones is 1. The van der Waals surface area contributed by atoms with Gasteiger partial charge in [0.05, 0.1) is 11.6 Å². The fourth-order valence-corrected chi connectivity index (χ4v) is 4.35. The van der Waals surface area contributed by atoms with Crippen LogP contribution in [0.1, 0.15) is 54.1 Å². The summed E-state index contributed by atoms with van der Waals surface area (Å²) in [6.07, 6.45) is 0.764. The second-order valence-electron chi connectivity index (χ2n) is 8.60. The number of benzene rings is 2. The molecule has 0 bridgehead atoms. The Labute approximate surface area is 191 Å². The molecule has 0 aliphatic carbocycles. The molecule has 1 aliphatic rings. The van der Waals surface area contributed by atoms with Gasteiger partial charge in [0.2, 0.25) is 0 Å². The summed E-state index contributed by atoms with van der Waals surface area (Å²) in [4.78, 5) is 30.2. The van der Waals surface area contributed by atoms with Crippen LogP contribution < -0.4 is 0 Å². The van der Waals surface area contributed by atoms with E-state index in [-0.39, 0.29) is 11.3 Å². The third-order valence-electron chi connectivity index (χ3n) is 6.35. The van der Waals surface area contributed by atoms with Gasteiger partial charge < -0.3 is 14.9 Å². The number of aliphatic hydroxyl groups is 1. The Morgan fingerprint density at radius 1 is 0.969 bits per heavy atom. The van der Waals surface area contributed by atoms with Crippen LogP contribution in [0.3, 0.4) is 0 Å². The smallest absolute Gasteiger partial charge is 0.295 e. The van der Waals surface area contributed by atoms with Gasteiger partial charge in [-0.05, 0) is 64.0 Å². The molecule has 1 fully saturated rings. The van der Waals surface area contributed by atoms with Crippen molar-refractivity contribution < 1.29 is 14.7 Å². The average Bonchev–Trinajstić information content (AvgIpc) is 3.03. The van der Waals surface area contributed by atoms with Crippen LogP contribution in [0.25, 0.3) is 5.76 Å². The maximum atomic E-state index is 13.2. The number of carbonyl (C=O) groups is 2. The Bertz CT molecular complexity index is 1020. The molecule has 0 radical (unpaired) electrons. The van der Waals surface area contributed by atoms with Crippen molar-refractivity contribution in [1.82, 2.24) is 9.80 Å². The molecule has 1 unspecified atom stereocenters. The molecule has 3 rings (SSSR count). The van der Waals surface area contributed by atoms with Gasteiger partial charge in [-0.1, -0.05) is 61.4 Å². The summed E-state index contributed by atoms with van der Waals surface area (Å²) in [5.41, 5.74) is 4.56. The molecule has 2 aromatic rings. The largest absolute Gasteiger partial charge is 0.507 e. The first-order valence-electron chi connectivity index (χ1n) is 11.4.